The minimum absolute atomic E-state index is 0.0248. The van der Waals surface area contributed by atoms with E-state index in [2.05, 4.69) is 38.2 Å². The summed E-state index contributed by atoms with van der Waals surface area (Å²) in [4.78, 5) is 18.3. The molecular formula is C16H18N4OS2. The molecule has 0 spiro atoms. The van der Waals surface area contributed by atoms with E-state index in [1.54, 1.807) is 29.0 Å². The van der Waals surface area contributed by atoms with Crippen molar-refractivity contribution in [1.29, 1.82) is 0 Å². The van der Waals surface area contributed by atoms with E-state index in [1.165, 1.54) is 4.88 Å². The summed E-state index contributed by atoms with van der Waals surface area (Å²) in [7, 11) is 0. The molecule has 0 aromatic carbocycles. The van der Waals surface area contributed by atoms with Gasteiger partial charge in [0.1, 0.15) is 28.1 Å². The highest BCUT2D eigenvalue weighted by atomic mass is 32.1. The highest BCUT2D eigenvalue weighted by Gasteiger charge is 2.26. The lowest BCUT2D eigenvalue weighted by molar-refractivity contribution is 0.0394. The zero-order chi connectivity index (χ0) is 15.8. The van der Waals surface area contributed by atoms with Crippen molar-refractivity contribution in [3.05, 3.63) is 33.4 Å². The van der Waals surface area contributed by atoms with Crippen LogP contribution in [0.4, 0.5) is 5.82 Å². The molecule has 3 aromatic rings. The van der Waals surface area contributed by atoms with Crippen LogP contribution in [0.2, 0.25) is 0 Å². The molecular weight excluding hydrogens is 328 g/mol. The van der Waals surface area contributed by atoms with Gasteiger partial charge in [-0.2, -0.15) is 0 Å². The van der Waals surface area contributed by atoms with Gasteiger partial charge in [-0.05, 0) is 19.4 Å². The van der Waals surface area contributed by atoms with Crippen LogP contribution >= 0.6 is 22.7 Å². The molecule has 3 aromatic heterocycles. The average Bonchev–Trinajstić information content (AvgIpc) is 3.20. The standard InChI is InChI=1S/C16H18N4OS2/c1-3-11-6-12-14(17-9-18-15(12)23-11)20-4-5-21-13(7-20)16-19-10(2)8-22-16/h6,8-9,13H,3-5,7H2,1-2H3/t13-/m1/s1. The Balaban J connectivity index is 1.66. The van der Waals surface area contributed by atoms with Gasteiger partial charge in [0.25, 0.3) is 0 Å². The Hall–Kier alpha value is -1.57. The summed E-state index contributed by atoms with van der Waals surface area (Å²) in [6, 6.07) is 2.23. The Morgan fingerprint density at radius 1 is 1.39 bits per heavy atom. The normalized spacial score (nSPS) is 18.7. The van der Waals surface area contributed by atoms with Gasteiger partial charge in [-0.15, -0.1) is 22.7 Å². The number of aryl methyl sites for hydroxylation is 2. The summed E-state index contributed by atoms with van der Waals surface area (Å²) >= 11 is 3.43. The number of morpholine rings is 1. The molecule has 120 valence electrons. The molecule has 1 atom stereocenters. The van der Waals surface area contributed by atoms with E-state index in [0.717, 1.165) is 46.2 Å². The summed E-state index contributed by atoms with van der Waals surface area (Å²) in [6.45, 7) is 6.53. The van der Waals surface area contributed by atoms with Crippen molar-refractivity contribution < 1.29 is 4.74 Å². The Morgan fingerprint density at radius 2 is 2.30 bits per heavy atom. The van der Waals surface area contributed by atoms with Crippen molar-refractivity contribution in [3.8, 4) is 0 Å². The van der Waals surface area contributed by atoms with Gasteiger partial charge in [-0.1, -0.05) is 6.92 Å². The summed E-state index contributed by atoms with van der Waals surface area (Å²) in [6.07, 6.45) is 2.73. The molecule has 1 saturated heterocycles. The van der Waals surface area contributed by atoms with Crippen molar-refractivity contribution in [2.75, 3.05) is 24.6 Å². The third-order valence-electron chi connectivity index (χ3n) is 3.99. The van der Waals surface area contributed by atoms with Crippen molar-refractivity contribution in [3.63, 3.8) is 0 Å². The van der Waals surface area contributed by atoms with Gasteiger partial charge in [0, 0.05) is 22.5 Å². The molecule has 0 unspecified atom stereocenters. The van der Waals surface area contributed by atoms with Crippen molar-refractivity contribution in [2.45, 2.75) is 26.4 Å². The topological polar surface area (TPSA) is 51.1 Å². The Bertz CT molecular complexity index is 828. The fourth-order valence-corrected chi connectivity index (χ4v) is 4.59. The summed E-state index contributed by atoms with van der Waals surface area (Å²) in [5.74, 6) is 1.02. The van der Waals surface area contributed by atoms with Crippen LogP contribution in [0.3, 0.4) is 0 Å². The van der Waals surface area contributed by atoms with Crippen LogP contribution in [0.25, 0.3) is 10.2 Å². The molecule has 0 bridgehead atoms. The van der Waals surface area contributed by atoms with Crippen LogP contribution in [-0.2, 0) is 11.2 Å². The molecule has 1 fully saturated rings. The van der Waals surface area contributed by atoms with Crippen molar-refractivity contribution in [1.82, 2.24) is 15.0 Å². The molecule has 1 aliphatic rings. The second-order valence-electron chi connectivity index (χ2n) is 5.61. The fourth-order valence-electron chi connectivity index (χ4n) is 2.83. The molecule has 1 aliphatic heterocycles. The maximum atomic E-state index is 5.93. The predicted molar refractivity (Wildman–Crippen MR) is 94.6 cm³/mol. The fraction of sp³-hybridized carbons (Fsp3) is 0.438. The van der Waals surface area contributed by atoms with E-state index in [-0.39, 0.29) is 6.10 Å². The summed E-state index contributed by atoms with van der Waals surface area (Å²) < 4.78 is 5.93. The van der Waals surface area contributed by atoms with Gasteiger partial charge in [-0.3, -0.25) is 0 Å². The van der Waals surface area contributed by atoms with Crippen molar-refractivity contribution in [2.24, 2.45) is 0 Å². The number of fused-ring (bicyclic) bond motifs is 1. The first-order valence-electron chi connectivity index (χ1n) is 7.76. The second-order valence-corrected chi connectivity index (χ2v) is 7.62. The first-order valence-corrected chi connectivity index (χ1v) is 9.46. The lowest BCUT2D eigenvalue weighted by atomic mass is 10.2. The monoisotopic (exact) mass is 346 g/mol. The van der Waals surface area contributed by atoms with Crippen LogP contribution in [0.5, 0.6) is 0 Å². The van der Waals surface area contributed by atoms with Crippen LogP contribution in [0.15, 0.2) is 17.8 Å². The van der Waals surface area contributed by atoms with Gasteiger partial charge in [0.2, 0.25) is 0 Å². The number of thiophene rings is 1. The smallest absolute Gasteiger partial charge is 0.140 e. The quantitative estimate of drug-likeness (QED) is 0.725. The van der Waals surface area contributed by atoms with Gasteiger partial charge in [0.15, 0.2) is 0 Å². The predicted octanol–water partition coefficient (Wildman–Crippen LogP) is 3.60. The van der Waals surface area contributed by atoms with Gasteiger partial charge in [0.05, 0.1) is 18.5 Å². The van der Waals surface area contributed by atoms with E-state index in [0.29, 0.717) is 6.61 Å². The van der Waals surface area contributed by atoms with Crippen LogP contribution in [0.1, 0.15) is 28.6 Å². The van der Waals surface area contributed by atoms with E-state index < -0.39 is 0 Å². The molecule has 0 saturated carbocycles. The van der Waals surface area contributed by atoms with E-state index >= 15 is 0 Å². The number of nitrogens with zero attached hydrogens (tertiary/aromatic N) is 4. The Morgan fingerprint density at radius 3 is 3.09 bits per heavy atom. The number of hydrogen-bond donors (Lipinski definition) is 0. The molecule has 5 nitrogen and oxygen atoms in total. The third kappa shape index (κ3) is 2.84. The second kappa shape index (κ2) is 6.14. The molecule has 0 aliphatic carbocycles. The van der Waals surface area contributed by atoms with Gasteiger partial charge < -0.3 is 9.64 Å². The summed E-state index contributed by atoms with van der Waals surface area (Å²) in [5.41, 5.74) is 1.06. The van der Waals surface area contributed by atoms with Crippen LogP contribution in [0, 0.1) is 6.92 Å². The highest BCUT2D eigenvalue weighted by Crippen LogP contribution is 2.33. The zero-order valence-electron chi connectivity index (χ0n) is 13.2. The Kier molecular flexibility index (Phi) is 4.00. The van der Waals surface area contributed by atoms with Crippen molar-refractivity contribution >= 4 is 38.7 Å². The maximum Gasteiger partial charge on any atom is 0.140 e. The lowest BCUT2D eigenvalue weighted by Gasteiger charge is -2.33. The number of thiazole rings is 1. The van der Waals surface area contributed by atoms with Crippen LogP contribution in [-0.4, -0.2) is 34.6 Å². The largest absolute Gasteiger partial charge is 0.367 e. The minimum Gasteiger partial charge on any atom is -0.367 e. The number of hydrogen-bond acceptors (Lipinski definition) is 7. The lowest BCUT2D eigenvalue weighted by Crippen LogP contribution is -2.39. The molecule has 7 heteroatoms. The third-order valence-corrected chi connectivity index (χ3v) is 6.23. The van der Waals surface area contributed by atoms with Crippen LogP contribution < -0.4 is 4.90 Å². The maximum absolute atomic E-state index is 5.93. The van der Waals surface area contributed by atoms with Gasteiger partial charge in [-0.25, -0.2) is 15.0 Å². The van der Waals surface area contributed by atoms with E-state index in [9.17, 15) is 0 Å². The average molecular weight is 346 g/mol. The summed E-state index contributed by atoms with van der Waals surface area (Å²) in [5, 5.41) is 4.29. The molecule has 0 radical (unpaired) electrons. The first-order chi connectivity index (χ1) is 11.2. The SMILES string of the molecule is CCc1cc2c(N3CCO[C@@H](c4nc(C)cs4)C3)ncnc2s1. The number of rotatable bonds is 3. The highest BCUT2D eigenvalue weighted by molar-refractivity contribution is 7.18. The molecule has 4 heterocycles. The molecule has 0 amide bonds. The zero-order valence-corrected chi connectivity index (χ0v) is 14.8. The molecule has 0 N–H and O–H groups in total. The Labute approximate surface area is 143 Å². The first kappa shape index (κ1) is 15.0. The van der Waals surface area contributed by atoms with Gasteiger partial charge >= 0.3 is 0 Å². The number of ether oxygens (including phenoxy) is 1. The number of anilines is 1. The van der Waals surface area contributed by atoms with E-state index in [4.69, 9.17) is 4.74 Å². The molecule has 4 rings (SSSR count). The molecule has 23 heavy (non-hydrogen) atoms. The minimum atomic E-state index is 0.0248. The van der Waals surface area contributed by atoms with E-state index in [1.807, 2.05) is 6.92 Å². The number of aromatic nitrogens is 3.